The topological polar surface area (TPSA) is 70.0 Å². The highest BCUT2D eigenvalue weighted by atomic mass is 16.5. The molecule has 0 saturated heterocycles. The first-order valence-corrected chi connectivity index (χ1v) is 11.5. The summed E-state index contributed by atoms with van der Waals surface area (Å²) in [5.41, 5.74) is 3.90. The zero-order valence-electron chi connectivity index (χ0n) is 19.6. The zero-order valence-corrected chi connectivity index (χ0v) is 19.6. The molecule has 2 aliphatic heterocycles. The quantitative estimate of drug-likeness (QED) is 0.554. The summed E-state index contributed by atoms with van der Waals surface area (Å²) in [4.78, 5) is 14.5. The van der Waals surface area contributed by atoms with Crippen LogP contribution in [0.5, 0.6) is 11.5 Å². The normalized spacial score (nSPS) is 22.8. The summed E-state index contributed by atoms with van der Waals surface area (Å²) >= 11 is 0. The Morgan fingerprint density at radius 2 is 2.00 bits per heavy atom. The molecule has 1 aromatic rings. The lowest BCUT2D eigenvalue weighted by Gasteiger charge is -2.40. The fourth-order valence-corrected chi connectivity index (χ4v) is 4.51. The van der Waals surface area contributed by atoms with Crippen LogP contribution in [0.4, 0.5) is 0 Å². The number of phenols is 1. The maximum Gasteiger partial charge on any atom is 0.254 e. The van der Waals surface area contributed by atoms with Gasteiger partial charge in [0.1, 0.15) is 17.1 Å². The van der Waals surface area contributed by atoms with Crippen molar-refractivity contribution in [3.05, 3.63) is 46.1 Å². The molecule has 0 unspecified atom stereocenters. The highest BCUT2D eigenvalue weighted by Crippen LogP contribution is 2.46. The molecule has 1 amide bonds. The van der Waals surface area contributed by atoms with E-state index in [4.69, 9.17) is 4.74 Å². The summed E-state index contributed by atoms with van der Waals surface area (Å²) in [5.74, 6) is 0.580. The number of carbonyl (C=O) groups excluding carboxylic acids is 1. The molecule has 0 spiro atoms. The summed E-state index contributed by atoms with van der Waals surface area (Å²) < 4.78 is 6.40. The van der Waals surface area contributed by atoms with Crippen LogP contribution in [-0.4, -0.2) is 39.3 Å². The van der Waals surface area contributed by atoms with Crippen molar-refractivity contribution < 1.29 is 19.7 Å². The van der Waals surface area contributed by atoms with E-state index in [1.165, 1.54) is 11.1 Å². The number of allylic oxidation sites excluding steroid dienone is 4. The Kier molecular flexibility index (Phi) is 7.15. The maximum atomic E-state index is 12.7. The molecule has 0 aliphatic carbocycles. The van der Waals surface area contributed by atoms with E-state index in [9.17, 15) is 15.0 Å². The van der Waals surface area contributed by atoms with Gasteiger partial charge in [-0.2, -0.15) is 0 Å². The first-order valence-electron chi connectivity index (χ1n) is 11.5. The van der Waals surface area contributed by atoms with E-state index in [-0.39, 0.29) is 11.7 Å². The first-order chi connectivity index (χ1) is 14.7. The van der Waals surface area contributed by atoms with Gasteiger partial charge in [-0.1, -0.05) is 30.2 Å². The van der Waals surface area contributed by atoms with E-state index < -0.39 is 11.7 Å². The summed E-state index contributed by atoms with van der Waals surface area (Å²) in [6.07, 6.45) is 8.53. The molecule has 5 nitrogen and oxygen atoms in total. The Morgan fingerprint density at radius 1 is 1.26 bits per heavy atom. The van der Waals surface area contributed by atoms with Crippen LogP contribution in [0.25, 0.3) is 0 Å². The SMILES string of the molecule is CCCN1Cc2c(cc(O)c3c2O[C@@](C)(CC/C=C(\C)CCC=C(C)C)[C@@H](O)C3)C1=O. The van der Waals surface area contributed by atoms with Crippen molar-refractivity contribution in [2.45, 2.75) is 91.4 Å². The number of aliphatic hydroxyl groups excluding tert-OH is 1. The molecule has 31 heavy (non-hydrogen) atoms. The van der Waals surface area contributed by atoms with Gasteiger partial charge >= 0.3 is 0 Å². The lowest BCUT2D eigenvalue weighted by atomic mass is 9.84. The standard InChI is InChI=1S/C26H37NO4/c1-6-13-27-16-21-19(25(27)30)14-22(28)20-15-23(29)26(5,31-24(20)21)12-8-11-18(4)10-7-9-17(2)3/h9,11,14,23,28-29H,6-8,10,12-13,15-16H2,1-5H3/b18-11+/t23-,26-/m0/s1. The van der Waals surface area contributed by atoms with Crippen LogP contribution in [0.1, 0.15) is 88.2 Å². The third-order valence-corrected chi connectivity index (χ3v) is 6.49. The number of fused-ring (bicyclic) bond motifs is 3. The molecule has 2 heterocycles. The van der Waals surface area contributed by atoms with Crippen molar-refractivity contribution in [3.8, 4) is 11.5 Å². The fourth-order valence-electron chi connectivity index (χ4n) is 4.51. The van der Waals surface area contributed by atoms with Crippen LogP contribution >= 0.6 is 0 Å². The van der Waals surface area contributed by atoms with E-state index in [2.05, 4.69) is 32.9 Å². The number of ether oxygens (including phenoxy) is 1. The Hall–Kier alpha value is -2.27. The highest BCUT2D eigenvalue weighted by molar-refractivity contribution is 6.00. The largest absolute Gasteiger partial charge is 0.508 e. The minimum atomic E-state index is -0.757. The van der Waals surface area contributed by atoms with Crippen molar-refractivity contribution >= 4 is 5.91 Å². The second kappa shape index (κ2) is 9.47. The van der Waals surface area contributed by atoms with Gasteiger partial charge in [-0.25, -0.2) is 0 Å². The van der Waals surface area contributed by atoms with Gasteiger partial charge < -0.3 is 19.8 Å². The number of phenolic OH excluding ortho intramolecular Hbond substituents is 1. The van der Waals surface area contributed by atoms with E-state index in [0.717, 1.165) is 31.2 Å². The van der Waals surface area contributed by atoms with Gasteiger partial charge in [0, 0.05) is 24.1 Å². The van der Waals surface area contributed by atoms with E-state index in [1.54, 1.807) is 11.0 Å². The number of carbonyl (C=O) groups is 1. The van der Waals surface area contributed by atoms with Gasteiger partial charge in [-0.05, 0) is 65.9 Å². The number of aromatic hydroxyl groups is 1. The second-order valence-electron chi connectivity index (χ2n) is 9.50. The number of hydrogen-bond acceptors (Lipinski definition) is 4. The molecule has 0 aromatic heterocycles. The predicted octanol–water partition coefficient (Wildman–Crippen LogP) is 5.29. The van der Waals surface area contributed by atoms with Gasteiger partial charge in [-0.3, -0.25) is 4.79 Å². The monoisotopic (exact) mass is 427 g/mol. The molecule has 0 bridgehead atoms. The van der Waals surface area contributed by atoms with Gasteiger partial charge in [0.05, 0.1) is 18.2 Å². The molecular formula is C26H37NO4. The van der Waals surface area contributed by atoms with Crippen molar-refractivity contribution in [1.82, 2.24) is 4.90 Å². The van der Waals surface area contributed by atoms with Gasteiger partial charge in [0.2, 0.25) is 0 Å². The lowest BCUT2D eigenvalue weighted by molar-refractivity contribution is -0.0599. The van der Waals surface area contributed by atoms with Crippen LogP contribution in [-0.2, 0) is 13.0 Å². The molecule has 5 heteroatoms. The fraction of sp³-hybridized carbons (Fsp3) is 0.577. The number of rotatable bonds is 8. The molecule has 3 rings (SSSR count). The predicted molar refractivity (Wildman–Crippen MR) is 124 cm³/mol. The first kappa shape index (κ1) is 23.4. The van der Waals surface area contributed by atoms with Crippen LogP contribution in [0.2, 0.25) is 0 Å². The minimum absolute atomic E-state index is 0.0385. The van der Waals surface area contributed by atoms with Crippen molar-refractivity contribution in [3.63, 3.8) is 0 Å². The van der Waals surface area contributed by atoms with E-state index in [1.807, 2.05) is 13.8 Å². The van der Waals surface area contributed by atoms with Crippen molar-refractivity contribution in [2.75, 3.05) is 6.54 Å². The molecule has 0 saturated carbocycles. The smallest absolute Gasteiger partial charge is 0.254 e. The van der Waals surface area contributed by atoms with Crippen LogP contribution in [0.15, 0.2) is 29.4 Å². The van der Waals surface area contributed by atoms with Crippen LogP contribution < -0.4 is 4.74 Å². The Morgan fingerprint density at radius 3 is 2.68 bits per heavy atom. The number of amides is 1. The lowest BCUT2D eigenvalue weighted by Crippen LogP contribution is -2.49. The number of hydrogen-bond donors (Lipinski definition) is 2. The molecule has 0 fully saturated rings. The molecular weight excluding hydrogens is 390 g/mol. The zero-order chi connectivity index (χ0) is 22.8. The number of nitrogens with zero attached hydrogens (tertiary/aromatic N) is 1. The number of benzene rings is 1. The summed E-state index contributed by atoms with van der Waals surface area (Å²) in [6.45, 7) is 11.5. The van der Waals surface area contributed by atoms with E-state index in [0.29, 0.717) is 42.8 Å². The van der Waals surface area contributed by atoms with Crippen LogP contribution in [0, 0.1) is 0 Å². The van der Waals surface area contributed by atoms with Gasteiger partial charge in [-0.15, -0.1) is 0 Å². The molecule has 2 N–H and O–H groups in total. The summed E-state index contributed by atoms with van der Waals surface area (Å²) in [5, 5.41) is 21.4. The third kappa shape index (κ3) is 4.98. The maximum absolute atomic E-state index is 12.7. The van der Waals surface area contributed by atoms with E-state index >= 15 is 0 Å². The summed E-state index contributed by atoms with van der Waals surface area (Å²) in [7, 11) is 0. The average Bonchev–Trinajstić information content (AvgIpc) is 3.00. The summed E-state index contributed by atoms with van der Waals surface area (Å²) in [6, 6.07) is 1.55. The average molecular weight is 428 g/mol. The Bertz CT molecular complexity index is 897. The van der Waals surface area contributed by atoms with Crippen molar-refractivity contribution in [1.29, 1.82) is 0 Å². The molecule has 1 aromatic carbocycles. The Balaban J connectivity index is 1.77. The highest BCUT2D eigenvalue weighted by Gasteiger charge is 2.43. The Labute approximate surface area is 186 Å². The van der Waals surface area contributed by atoms with Crippen molar-refractivity contribution in [2.24, 2.45) is 0 Å². The molecule has 2 atom stereocenters. The van der Waals surface area contributed by atoms with Crippen LogP contribution in [0.3, 0.4) is 0 Å². The van der Waals surface area contributed by atoms with Gasteiger partial charge in [0.15, 0.2) is 0 Å². The minimum Gasteiger partial charge on any atom is -0.508 e. The molecule has 2 aliphatic rings. The third-order valence-electron chi connectivity index (χ3n) is 6.49. The molecule has 170 valence electrons. The molecule has 0 radical (unpaired) electrons. The second-order valence-corrected chi connectivity index (χ2v) is 9.50. The number of aliphatic hydroxyl groups is 1. The van der Waals surface area contributed by atoms with Gasteiger partial charge in [0.25, 0.3) is 5.91 Å².